The monoisotopic (exact) mass is 363 g/mol. The number of carbonyl (C=O) groups is 1. The van der Waals surface area contributed by atoms with Crippen LogP contribution in [0.4, 0.5) is 5.13 Å². The number of amides is 1. The quantitative estimate of drug-likeness (QED) is 0.777. The van der Waals surface area contributed by atoms with Crippen molar-refractivity contribution >= 4 is 48.5 Å². The lowest BCUT2D eigenvalue weighted by molar-refractivity contribution is -0.116. The van der Waals surface area contributed by atoms with Gasteiger partial charge in [-0.25, -0.2) is 4.98 Å². The Morgan fingerprint density at radius 2 is 2.10 bits per heavy atom. The number of rotatable bonds is 3. The average Bonchev–Trinajstić information content (AvgIpc) is 2.84. The Balaban J connectivity index is 1.77. The second-order valence-electron chi connectivity index (χ2n) is 4.35. The van der Waals surface area contributed by atoms with Crippen molar-refractivity contribution in [3.05, 3.63) is 57.4 Å². The molecule has 0 spiro atoms. The molecule has 5 nitrogen and oxygen atoms in total. The van der Waals surface area contributed by atoms with Crippen molar-refractivity contribution in [2.45, 2.75) is 6.54 Å². The molecule has 0 unspecified atom stereocenters. The smallest absolute Gasteiger partial charge is 0.251 e. The van der Waals surface area contributed by atoms with E-state index in [1.807, 2.05) is 24.3 Å². The number of carbonyl (C=O) groups excluding carboxylic acids is 1. The second kappa shape index (κ2) is 5.79. The van der Waals surface area contributed by atoms with Crippen LogP contribution in [0.1, 0.15) is 0 Å². The first-order valence-electron chi connectivity index (χ1n) is 6.13. The standard InChI is InChI=1S/C14H10BrN3O2S/c15-9-5-6-13(20)18(7-9)8-12(19)17-14-16-10-3-1-2-4-11(10)21-14/h1-7H,8H2,(H,16,17,19). The van der Waals surface area contributed by atoms with E-state index >= 15 is 0 Å². The number of anilines is 1. The summed E-state index contributed by atoms with van der Waals surface area (Å²) in [6.07, 6.45) is 1.58. The minimum atomic E-state index is -0.283. The zero-order valence-electron chi connectivity index (χ0n) is 10.7. The van der Waals surface area contributed by atoms with Gasteiger partial charge in [0, 0.05) is 16.7 Å². The molecule has 0 radical (unpaired) electrons. The lowest BCUT2D eigenvalue weighted by Gasteiger charge is -2.05. The number of para-hydroxylation sites is 1. The van der Waals surface area contributed by atoms with E-state index in [9.17, 15) is 9.59 Å². The van der Waals surface area contributed by atoms with E-state index in [-0.39, 0.29) is 18.0 Å². The van der Waals surface area contributed by atoms with Crippen LogP contribution < -0.4 is 10.9 Å². The zero-order chi connectivity index (χ0) is 14.8. The number of fused-ring (bicyclic) bond motifs is 1. The fourth-order valence-corrected chi connectivity index (χ4v) is 3.13. The Labute approximate surface area is 132 Å². The molecule has 0 aliphatic rings. The Kier molecular flexibility index (Phi) is 3.85. The summed E-state index contributed by atoms with van der Waals surface area (Å²) in [7, 11) is 0. The van der Waals surface area contributed by atoms with Crippen molar-refractivity contribution in [3.8, 4) is 0 Å². The van der Waals surface area contributed by atoms with Gasteiger partial charge in [0.15, 0.2) is 5.13 Å². The topological polar surface area (TPSA) is 64.0 Å². The lowest BCUT2D eigenvalue weighted by atomic mass is 10.3. The molecule has 0 aliphatic heterocycles. The number of nitrogens with zero attached hydrogens (tertiary/aromatic N) is 2. The first-order valence-corrected chi connectivity index (χ1v) is 7.74. The van der Waals surface area contributed by atoms with Crippen LogP contribution in [-0.4, -0.2) is 15.5 Å². The van der Waals surface area contributed by atoms with Crippen LogP contribution in [0.2, 0.25) is 0 Å². The molecule has 2 aromatic heterocycles. The minimum Gasteiger partial charge on any atom is -0.305 e. The average molecular weight is 364 g/mol. The van der Waals surface area contributed by atoms with Gasteiger partial charge in [-0.1, -0.05) is 23.5 Å². The maximum atomic E-state index is 12.0. The van der Waals surface area contributed by atoms with Gasteiger partial charge in [-0.2, -0.15) is 0 Å². The van der Waals surface area contributed by atoms with E-state index in [0.29, 0.717) is 5.13 Å². The molecule has 0 aliphatic carbocycles. The molecule has 1 amide bonds. The summed E-state index contributed by atoms with van der Waals surface area (Å²) >= 11 is 4.68. The molecule has 0 fully saturated rings. The molecule has 0 bridgehead atoms. The van der Waals surface area contributed by atoms with Crippen molar-refractivity contribution in [1.82, 2.24) is 9.55 Å². The highest BCUT2D eigenvalue weighted by Gasteiger charge is 2.09. The number of thiazole rings is 1. The highest BCUT2D eigenvalue weighted by molar-refractivity contribution is 9.10. The van der Waals surface area contributed by atoms with Crippen LogP contribution in [0.15, 0.2) is 51.9 Å². The summed E-state index contributed by atoms with van der Waals surface area (Å²) < 4.78 is 3.09. The number of nitrogens with one attached hydrogen (secondary N) is 1. The molecule has 3 rings (SSSR count). The summed E-state index contributed by atoms with van der Waals surface area (Å²) in [5.74, 6) is -0.283. The Bertz CT molecular complexity index is 839. The van der Waals surface area contributed by atoms with Crippen molar-refractivity contribution in [2.75, 3.05) is 5.32 Å². The highest BCUT2D eigenvalue weighted by atomic mass is 79.9. The van der Waals surface area contributed by atoms with E-state index in [2.05, 4.69) is 26.2 Å². The molecule has 0 saturated heterocycles. The van der Waals surface area contributed by atoms with Crippen LogP contribution in [-0.2, 0) is 11.3 Å². The van der Waals surface area contributed by atoms with Crippen LogP contribution in [0.3, 0.4) is 0 Å². The number of hydrogen-bond acceptors (Lipinski definition) is 4. The first-order chi connectivity index (χ1) is 10.1. The number of pyridine rings is 1. The SMILES string of the molecule is O=C(Cn1cc(Br)ccc1=O)Nc1nc2ccccc2s1. The number of hydrogen-bond donors (Lipinski definition) is 1. The predicted octanol–water partition coefficient (Wildman–Crippen LogP) is 2.86. The van der Waals surface area contributed by atoms with E-state index in [1.54, 1.807) is 12.3 Å². The number of aromatic nitrogens is 2. The molecule has 0 atom stereocenters. The molecular weight excluding hydrogens is 354 g/mol. The van der Waals surface area contributed by atoms with Gasteiger partial charge in [0.25, 0.3) is 5.56 Å². The van der Waals surface area contributed by atoms with Crippen LogP contribution in [0, 0.1) is 0 Å². The summed E-state index contributed by atoms with van der Waals surface area (Å²) in [6, 6.07) is 10.7. The molecular formula is C14H10BrN3O2S. The molecule has 2 heterocycles. The van der Waals surface area contributed by atoms with E-state index in [0.717, 1.165) is 14.7 Å². The number of benzene rings is 1. The molecule has 1 aromatic carbocycles. The van der Waals surface area contributed by atoms with Gasteiger partial charge >= 0.3 is 0 Å². The van der Waals surface area contributed by atoms with Crippen molar-refractivity contribution in [3.63, 3.8) is 0 Å². The highest BCUT2D eigenvalue weighted by Crippen LogP contribution is 2.25. The van der Waals surface area contributed by atoms with Crippen molar-refractivity contribution in [1.29, 1.82) is 0 Å². The van der Waals surface area contributed by atoms with Crippen molar-refractivity contribution < 1.29 is 4.79 Å². The Hall–Kier alpha value is -1.99. The molecule has 106 valence electrons. The van der Waals surface area contributed by atoms with Gasteiger partial charge < -0.3 is 9.88 Å². The second-order valence-corrected chi connectivity index (χ2v) is 6.29. The zero-order valence-corrected chi connectivity index (χ0v) is 13.1. The van der Waals surface area contributed by atoms with Gasteiger partial charge in [0.05, 0.1) is 10.2 Å². The molecule has 0 saturated carbocycles. The third-order valence-electron chi connectivity index (χ3n) is 2.80. The van der Waals surface area contributed by atoms with Gasteiger partial charge in [-0.05, 0) is 34.1 Å². The lowest BCUT2D eigenvalue weighted by Crippen LogP contribution is -2.26. The Morgan fingerprint density at radius 1 is 1.29 bits per heavy atom. The largest absolute Gasteiger partial charge is 0.305 e. The van der Waals surface area contributed by atoms with Crippen LogP contribution >= 0.6 is 27.3 Å². The van der Waals surface area contributed by atoms with Gasteiger partial charge in [-0.3, -0.25) is 9.59 Å². The summed E-state index contributed by atoms with van der Waals surface area (Å²) in [5, 5.41) is 3.25. The summed E-state index contributed by atoms with van der Waals surface area (Å²) in [5.41, 5.74) is 0.620. The Morgan fingerprint density at radius 3 is 2.90 bits per heavy atom. The first kappa shape index (κ1) is 14.0. The third kappa shape index (κ3) is 3.20. The normalized spacial score (nSPS) is 10.7. The van der Waals surface area contributed by atoms with Gasteiger partial charge in [0.2, 0.25) is 5.91 Å². The van der Waals surface area contributed by atoms with Gasteiger partial charge in [0.1, 0.15) is 6.54 Å². The van der Waals surface area contributed by atoms with Gasteiger partial charge in [-0.15, -0.1) is 0 Å². The van der Waals surface area contributed by atoms with E-state index < -0.39 is 0 Å². The fraction of sp³-hybridized carbons (Fsp3) is 0.0714. The molecule has 1 N–H and O–H groups in total. The maximum Gasteiger partial charge on any atom is 0.251 e. The van der Waals surface area contributed by atoms with Crippen LogP contribution in [0.5, 0.6) is 0 Å². The predicted molar refractivity (Wildman–Crippen MR) is 86.7 cm³/mol. The third-order valence-corrected chi connectivity index (χ3v) is 4.22. The van der Waals surface area contributed by atoms with Crippen LogP contribution in [0.25, 0.3) is 10.2 Å². The maximum absolute atomic E-state index is 12.0. The minimum absolute atomic E-state index is 0.0474. The number of halogens is 1. The summed E-state index contributed by atoms with van der Waals surface area (Å²) in [6.45, 7) is -0.0474. The van der Waals surface area contributed by atoms with Crippen molar-refractivity contribution in [2.24, 2.45) is 0 Å². The summed E-state index contributed by atoms with van der Waals surface area (Å²) in [4.78, 5) is 28.0. The molecule has 3 aromatic rings. The molecule has 21 heavy (non-hydrogen) atoms. The molecule has 7 heteroatoms. The van der Waals surface area contributed by atoms with E-state index in [4.69, 9.17) is 0 Å². The van der Waals surface area contributed by atoms with E-state index in [1.165, 1.54) is 22.0 Å². The fourth-order valence-electron chi connectivity index (χ4n) is 1.86.